The lowest BCUT2D eigenvalue weighted by atomic mass is 9.75. The lowest BCUT2D eigenvalue weighted by Crippen LogP contribution is -2.56. The third kappa shape index (κ3) is 3.40. The third-order valence-corrected chi connectivity index (χ3v) is 5.02. The Morgan fingerprint density at radius 2 is 1.64 bits per heavy atom. The van der Waals surface area contributed by atoms with Crippen molar-refractivity contribution in [2.24, 2.45) is 11.1 Å². The number of hydrogen-bond acceptors (Lipinski definition) is 4. The first-order valence-corrected chi connectivity index (χ1v) is 8.06. The SMILES string of the molecule is CC(C)(C)C(CN1CC(N)C1)=C(F)B1OC(C)(C)C(C)(C)O1. The summed E-state index contributed by atoms with van der Waals surface area (Å²) in [5.41, 5.74) is 4.93. The molecule has 0 spiro atoms. The van der Waals surface area contributed by atoms with Crippen LogP contribution in [0.5, 0.6) is 0 Å². The van der Waals surface area contributed by atoms with Crippen molar-refractivity contribution in [1.29, 1.82) is 0 Å². The second-order valence-electron chi connectivity index (χ2n) is 8.62. The molecule has 2 fully saturated rings. The van der Waals surface area contributed by atoms with Crippen LogP contribution in [0.3, 0.4) is 0 Å². The van der Waals surface area contributed by atoms with Gasteiger partial charge in [0.2, 0.25) is 0 Å². The molecule has 2 N–H and O–H groups in total. The van der Waals surface area contributed by atoms with Gasteiger partial charge in [-0.15, -0.1) is 0 Å². The molecule has 22 heavy (non-hydrogen) atoms. The summed E-state index contributed by atoms with van der Waals surface area (Å²) in [6.45, 7) is 16.0. The van der Waals surface area contributed by atoms with Crippen LogP contribution in [0.1, 0.15) is 48.5 Å². The van der Waals surface area contributed by atoms with Gasteiger partial charge in [-0.25, -0.2) is 4.39 Å². The van der Waals surface area contributed by atoms with E-state index in [2.05, 4.69) is 4.90 Å². The van der Waals surface area contributed by atoms with E-state index in [9.17, 15) is 0 Å². The van der Waals surface area contributed by atoms with E-state index in [-0.39, 0.29) is 17.2 Å². The predicted molar refractivity (Wildman–Crippen MR) is 88.1 cm³/mol. The van der Waals surface area contributed by atoms with Crippen LogP contribution < -0.4 is 5.73 Å². The van der Waals surface area contributed by atoms with Crippen LogP contribution in [-0.4, -0.2) is 48.9 Å². The van der Waals surface area contributed by atoms with E-state index in [0.29, 0.717) is 6.54 Å². The molecule has 0 aromatic rings. The van der Waals surface area contributed by atoms with Gasteiger partial charge in [-0.1, -0.05) is 20.8 Å². The molecule has 0 amide bonds. The monoisotopic (exact) mass is 312 g/mol. The van der Waals surface area contributed by atoms with Crippen LogP contribution in [0.25, 0.3) is 0 Å². The van der Waals surface area contributed by atoms with Gasteiger partial charge in [0.05, 0.1) is 11.2 Å². The largest absolute Gasteiger partial charge is 0.525 e. The first-order valence-electron chi connectivity index (χ1n) is 8.06. The Hall–Kier alpha value is -0.425. The van der Waals surface area contributed by atoms with E-state index >= 15 is 4.39 Å². The van der Waals surface area contributed by atoms with E-state index in [1.807, 2.05) is 48.5 Å². The van der Waals surface area contributed by atoms with E-state index in [1.54, 1.807) is 0 Å². The average Bonchev–Trinajstić information content (AvgIpc) is 2.50. The highest BCUT2D eigenvalue weighted by Gasteiger charge is 2.54. The molecular weight excluding hydrogens is 282 g/mol. The van der Waals surface area contributed by atoms with Gasteiger partial charge in [0, 0.05) is 25.7 Å². The molecule has 0 bridgehead atoms. The van der Waals surface area contributed by atoms with E-state index in [4.69, 9.17) is 15.0 Å². The zero-order valence-electron chi connectivity index (χ0n) is 15.0. The lowest BCUT2D eigenvalue weighted by molar-refractivity contribution is 0.00578. The van der Waals surface area contributed by atoms with Gasteiger partial charge < -0.3 is 15.0 Å². The molecule has 0 saturated carbocycles. The quantitative estimate of drug-likeness (QED) is 0.814. The molecular formula is C16H30BFN2O2. The van der Waals surface area contributed by atoms with Gasteiger partial charge >= 0.3 is 7.12 Å². The second kappa shape index (κ2) is 5.58. The third-order valence-electron chi connectivity index (χ3n) is 5.02. The topological polar surface area (TPSA) is 47.7 Å². The Bertz CT molecular complexity index is 449. The summed E-state index contributed by atoms with van der Waals surface area (Å²) in [5.74, 6) is 0. The van der Waals surface area contributed by atoms with Crippen LogP contribution in [0.4, 0.5) is 4.39 Å². The number of nitrogens with two attached hydrogens (primary N) is 1. The number of rotatable bonds is 3. The fourth-order valence-electron chi connectivity index (χ4n) is 2.72. The lowest BCUT2D eigenvalue weighted by Gasteiger charge is -2.40. The Morgan fingerprint density at radius 1 is 1.18 bits per heavy atom. The van der Waals surface area contributed by atoms with Gasteiger partial charge in [0.1, 0.15) is 5.73 Å². The van der Waals surface area contributed by atoms with Gasteiger partial charge in [0.15, 0.2) is 0 Å². The maximum atomic E-state index is 15.1. The van der Waals surface area contributed by atoms with Crippen LogP contribution in [0.2, 0.25) is 0 Å². The van der Waals surface area contributed by atoms with Gasteiger partial charge in [-0.05, 0) is 38.7 Å². The van der Waals surface area contributed by atoms with E-state index in [0.717, 1.165) is 18.7 Å². The normalized spacial score (nSPS) is 26.9. The maximum absolute atomic E-state index is 15.1. The molecule has 126 valence electrons. The Labute approximate surface area is 134 Å². The molecule has 2 aliphatic rings. The number of nitrogens with zero attached hydrogens (tertiary/aromatic N) is 1. The minimum atomic E-state index is -0.922. The molecule has 0 aliphatic carbocycles. The molecule has 0 radical (unpaired) electrons. The summed E-state index contributed by atoms with van der Waals surface area (Å²) in [5, 5.41) is 0. The molecule has 0 atom stereocenters. The fraction of sp³-hybridized carbons (Fsp3) is 0.875. The Kier molecular flexibility index (Phi) is 4.55. The zero-order chi connectivity index (χ0) is 16.9. The molecule has 0 aromatic heterocycles. The molecule has 4 nitrogen and oxygen atoms in total. The van der Waals surface area contributed by atoms with Gasteiger partial charge in [0.25, 0.3) is 0 Å². The molecule has 0 unspecified atom stereocenters. The van der Waals surface area contributed by atoms with Crippen molar-refractivity contribution in [3.05, 3.63) is 11.3 Å². The van der Waals surface area contributed by atoms with Crippen molar-refractivity contribution in [2.75, 3.05) is 19.6 Å². The van der Waals surface area contributed by atoms with Crippen LogP contribution >= 0.6 is 0 Å². The van der Waals surface area contributed by atoms with Crippen molar-refractivity contribution < 1.29 is 13.7 Å². The van der Waals surface area contributed by atoms with Gasteiger partial charge in [-0.2, -0.15) is 0 Å². The number of hydrogen-bond donors (Lipinski definition) is 1. The highest BCUT2D eigenvalue weighted by atomic mass is 19.1. The Morgan fingerprint density at radius 3 is 2.00 bits per heavy atom. The summed E-state index contributed by atoms with van der Waals surface area (Å²) in [6.07, 6.45) is 0. The summed E-state index contributed by atoms with van der Waals surface area (Å²) in [6, 6.07) is 0.209. The first-order chi connectivity index (χ1) is 9.83. The number of likely N-dealkylation sites (tertiary alicyclic amines) is 1. The highest BCUT2D eigenvalue weighted by molar-refractivity contribution is 6.53. The fourth-order valence-corrected chi connectivity index (χ4v) is 2.72. The van der Waals surface area contributed by atoms with Crippen molar-refractivity contribution in [3.63, 3.8) is 0 Å². The highest BCUT2D eigenvalue weighted by Crippen LogP contribution is 2.41. The molecule has 2 aliphatic heterocycles. The maximum Gasteiger partial charge on any atom is 0.525 e. The van der Waals surface area contributed by atoms with Crippen LogP contribution in [-0.2, 0) is 9.31 Å². The number of halogens is 1. The standard InChI is InChI=1S/C16H30BFN2O2/c1-14(2,3)12(10-20-8-11(19)9-20)13(18)17-21-15(4,5)16(6,7)22-17/h11H,8-10,19H2,1-7H3. The second-order valence-corrected chi connectivity index (χ2v) is 8.62. The van der Waals surface area contributed by atoms with Crippen LogP contribution in [0, 0.1) is 5.41 Å². The average molecular weight is 312 g/mol. The zero-order valence-corrected chi connectivity index (χ0v) is 15.0. The smallest absolute Gasteiger partial charge is 0.398 e. The van der Waals surface area contributed by atoms with Crippen LogP contribution in [0.15, 0.2) is 11.3 Å². The van der Waals surface area contributed by atoms with Crippen molar-refractivity contribution in [3.8, 4) is 0 Å². The van der Waals surface area contributed by atoms with E-state index in [1.165, 1.54) is 0 Å². The summed E-state index contributed by atoms with van der Waals surface area (Å²) in [4.78, 5) is 2.16. The summed E-state index contributed by atoms with van der Waals surface area (Å²) >= 11 is 0. The van der Waals surface area contributed by atoms with Crippen molar-refractivity contribution >= 4 is 7.12 Å². The predicted octanol–water partition coefficient (Wildman–Crippen LogP) is 2.53. The van der Waals surface area contributed by atoms with Crippen molar-refractivity contribution in [1.82, 2.24) is 4.90 Å². The minimum Gasteiger partial charge on any atom is -0.398 e. The molecule has 2 heterocycles. The molecule has 2 rings (SSSR count). The Balaban J connectivity index is 2.23. The molecule has 0 aromatic carbocycles. The van der Waals surface area contributed by atoms with Crippen molar-refractivity contribution in [2.45, 2.75) is 65.7 Å². The summed E-state index contributed by atoms with van der Waals surface area (Å²) in [7, 11) is -0.922. The first kappa shape index (κ1) is 17.9. The molecule has 6 heteroatoms. The molecule has 2 saturated heterocycles. The minimum absolute atomic E-state index is 0.209. The summed E-state index contributed by atoms with van der Waals surface area (Å²) < 4.78 is 26.9. The van der Waals surface area contributed by atoms with E-state index < -0.39 is 18.3 Å². The van der Waals surface area contributed by atoms with Gasteiger partial charge in [-0.3, -0.25) is 4.90 Å².